The number of nitriles is 1. The van der Waals surface area contributed by atoms with Gasteiger partial charge in [0, 0.05) is 23.5 Å². The molecule has 4 heteroatoms. The number of carbonyl (C=O) groups excluding carboxylic acids is 1. The third-order valence-corrected chi connectivity index (χ3v) is 6.23. The van der Waals surface area contributed by atoms with Gasteiger partial charge in [-0.3, -0.25) is 4.79 Å². The predicted octanol–water partition coefficient (Wildman–Crippen LogP) is 6.27. The van der Waals surface area contributed by atoms with Crippen molar-refractivity contribution in [3.63, 3.8) is 0 Å². The van der Waals surface area contributed by atoms with Crippen LogP contribution in [0.3, 0.4) is 0 Å². The zero-order valence-electron chi connectivity index (χ0n) is 19.8. The molecule has 2 aromatic carbocycles. The number of fused-ring (bicyclic) bond motifs is 1. The summed E-state index contributed by atoms with van der Waals surface area (Å²) in [4.78, 5) is 15.3. The van der Waals surface area contributed by atoms with Crippen molar-refractivity contribution in [2.45, 2.75) is 66.3 Å². The fourth-order valence-corrected chi connectivity index (χ4v) is 4.95. The van der Waals surface area contributed by atoms with Crippen LogP contribution >= 0.6 is 0 Å². The van der Waals surface area contributed by atoms with Crippen LogP contribution in [0.4, 0.5) is 11.4 Å². The normalized spacial score (nSPS) is 17.7. The molecule has 0 unspecified atom stereocenters. The first kappa shape index (κ1) is 22.6. The largest absolute Gasteiger partial charge is 0.366 e. The van der Waals surface area contributed by atoms with E-state index in [0.717, 1.165) is 35.2 Å². The van der Waals surface area contributed by atoms with Crippen molar-refractivity contribution in [3.05, 3.63) is 63.7 Å². The Labute approximate surface area is 186 Å². The number of benzene rings is 2. The smallest absolute Gasteiger partial charge is 0.266 e. The fourth-order valence-electron chi connectivity index (χ4n) is 4.95. The zero-order valence-corrected chi connectivity index (χ0v) is 19.8. The van der Waals surface area contributed by atoms with E-state index in [1.807, 2.05) is 32.9 Å². The first-order valence-electron chi connectivity index (χ1n) is 11.0. The highest BCUT2D eigenvalue weighted by atomic mass is 16.1. The van der Waals surface area contributed by atoms with Crippen LogP contribution in [0.5, 0.6) is 0 Å². The van der Waals surface area contributed by atoms with E-state index in [1.54, 1.807) is 6.08 Å². The number of carbonyl (C=O) groups is 1. The summed E-state index contributed by atoms with van der Waals surface area (Å²) in [6.07, 6.45) is 2.79. The second kappa shape index (κ2) is 8.59. The van der Waals surface area contributed by atoms with Crippen molar-refractivity contribution in [2.75, 3.05) is 16.8 Å². The summed E-state index contributed by atoms with van der Waals surface area (Å²) in [5, 5.41) is 12.6. The average molecular weight is 416 g/mol. The highest BCUT2D eigenvalue weighted by Gasteiger charge is 2.35. The van der Waals surface area contributed by atoms with Gasteiger partial charge in [-0.25, -0.2) is 0 Å². The molecule has 1 amide bonds. The Balaban J connectivity index is 1.97. The van der Waals surface area contributed by atoms with Crippen LogP contribution in [0.15, 0.2) is 35.9 Å². The lowest BCUT2D eigenvalue weighted by molar-refractivity contribution is -0.112. The van der Waals surface area contributed by atoms with E-state index in [1.165, 1.54) is 11.3 Å². The molecular weight excluding hydrogens is 382 g/mol. The molecular formula is C27H33N3O. The lowest BCUT2D eigenvalue weighted by Crippen LogP contribution is -2.48. The van der Waals surface area contributed by atoms with Gasteiger partial charge in [-0.15, -0.1) is 0 Å². The Kier molecular flexibility index (Phi) is 6.27. The number of hydrogen-bond donors (Lipinski definition) is 1. The third-order valence-electron chi connectivity index (χ3n) is 6.23. The number of amides is 1. The number of anilines is 2. The molecule has 1 aliphatic heterocycles. The van der Waals surface area contributed by atoms with Gasteiger partial charge >= 0.3 is 0 Å². The van der Waals surface area contributed by atoms with Crippen LogP contribution in [0, 0.1) is 32.1 Å². The van der Waals surface area contributed by atoms with Gasteiger partial charge in [0.2, 0.25) is 0 Å². The standard InChI is InChI=1S/C27H33N3O/c1-8-30-25-12-19(4)21(14-24(25)20(5)15-27(30,6)7)13-22(16-28)26(31)29-23-10-17(2)9-18(3)11-23/h9-14,20H,8,15H2,1-7H3,(H,29,31)/b22-13-/t20-/m0/s1. The van der Waals surface area contributed by atoms with Gasteiger partial charge in [-0.05, 0) is 112 Å². The lowest BCUT2D eigenvalue weighted by Gasteiger charge is -2.47. The SMILES string of the molecule is CCN1c2cc(C)c(/C=C(/C#N)C(=O)Nc3cc(C)cc(C)c3)cc2[C@@H](C)CC1(C)C. The highest BCUT2D eigenvalue weighted by molar-refractivity contribution is 6.09. The minimum absolute atomic E-state index is 0.106. The van der Waals surface area contributed by atoms with Gasteiger partial charge in [-0.1, -0.05) is 13.0 Å². The molecule has 2 aromatic rings. The van der Waals surface area contributed by atoms with Crippen LogP contribution in [0.1, 0.15) is 67.9 Å². The van der Waals surface area contributed by atoms with Crippen molar-refractivity contribution in [1.29, 1.82) is 5.26 Å². The maximum atomic E-state index is 12.8. The average Bonchev–Trinajstić information content (AvgIpc) is 2.65. The van der Waals surface area contributed by atoms with Gasteiger partial charge in [0.1, 0.15) is 11.6 Å². The molecule has 0 radical (unpaired) electrons. The quantitative estimate of drug-likeness (QED) is 0.473. The zero-order chi connectivity index (χ0) is 22.9. The molecule has 31 heavy (non-hydrogen) atoms. The van der Waals surface area contributed by atoms with E-state index in [4.69, 9.17) is 0 Å². The Morgan fingerprint density at radius 2 is 1.84 bits per heavy atom. The molecule has 1 atom stereocenters. The molecule has 0 saturated heterocycles. The number of nitrogens with zero attached hydrogens (tertiary/aromatic N) is 2. The number of nitrogens with one attached hydrogen (secondary N) is 1. The third kappa shape index (κ3) is 4.66. The maximum absolute atomic E-state index is 12.8. The van der Waals surface area contributed by atoms with Gasteiger partial charge in [-0.2, -0.15) is 5.26 Å². The summed E-state index contributed by atoms with van der Waals surface area (Å²) in [5.74, 6) is 0.0316. The number of hydrogen-bond acceptors (Lipinski definition) is 3. The summed E-state index contributed by atoms with van der Waals surface area (Å²) >= 11 is 0. The van der Waals surface area contributed by atoms with E-state index < -0.39 is 0 Å². The van der Waals surface area contributed by atoms with Gasteiger partial charge in [0.25, 0.3) is 5.91 Å². The first-order chi connectivity index (χ1) is 14.6. The molecule has 0 spiro atoms. The van der Waals surface area contributed by atoms with Crippen molar-refractivity contribution >= 4 is 23.4 Å². The first-order valence-corrected chi connectivity index (χ1v) is 11.0. The van der Waals surface area contributed by atoms with Crippen LogP contribution < -0.4 is 10.2 Å². The highest BCUT2D eigenvalue weighted by Crippen LogP contribution is 2.44. The molecule has 1 aliphatic rings. The minimum Gasteiger partial charge on any atom is -0.366 e. The molecule has 0 bridgehead atoms. The Morgan fingerprint density at radius 3 is 2.42 bits per heavy atom. The van der Waals surface area contributed by atoms with Crippen molar-refractivity contribution in [3.8, 4) is 6.07 Å². The van der Waals surface area contributed by atoms with Crippen molar-refractivity contribution in [2.24, 2.45) is 0 Å². The van der Waals surface area contributed by atoms with Crippen LogP contribution in [-0.4, -0.2) is 18.0 Å². The molecule has 3 rings (SSSR count). The summed E-state index contributed by atoms with van der Waals surface area (Å²) in [7, 11) is 0. The van der Waals surface area contributed by atoms with Crippen molar-refractivity contribution in [1.82, 2.24) is 0 Å². The van der Waals surface area contributed by atoms with Crippen LogP contribution in [0.25, 0.3) is 6.08 Å². The fraction of sp³-hybridized carbons (Fsp3) is 0.407. The van der Waals surface area contributed by atoms with Crippen LogP contribution in [0.2, 0.25) is 0 Å². The van der Waals surface area contributed by atoms with Gasteiger partial charge in [0.05, 0.1) is 0 Å². The number of aryl methyl sites for hydroxylation is 3. The van der Waals surface area contributed by atoms with E-state index in [9.17, 15) is 10.1 Å². The second-order valence-electron chi connectivity index (χ2n) is 9.43. The second-order valence-corrected chi connectivity index (χ2v) is 9.43. The summed E-state index contributed by atoms with van der Waals surface area (Å²) in [5.41, 5.74) is 7.60. The molecule has 0 saturated carbocycles. The monoisotopic (exact) mass is 415 g/mol. The summed E-state index contributed by atoms with van der Waals surface area (Å²) < 4.78 is 0. The topological polar surface area (TPSA) is 56.1 Å². The molecule has 162 valence electrons. The summed E-state index contributed by atoms with van der Waals surface area (Å²) in [6, 6.07) is 12.3. The Morgan fingerprint density at radius 1 is 1.19 bits per heavy atom. The molecule has 0 aromatic heterocycles. The maximum Gasteiger partial charge on any atom is 0.266 e. The Bertz CT molecular complexity index is 1070. The van der Waals surface area contributed by atoms with Gasteiger partial charge < -0.3 is 10.2 Å². The summed E-state index contributed by atoms with van der Waals surface area (Å²) in [6.45, 7) is 16.0. The lowest BCUT2D eigenvalue weighted by atomic mass is 9.79. The molecule has 1 N–H and O–H groups in total. The minimum atomic E-state index is -0.381. The van der Waals surface area contributed by atoms with E-state index in [0.29, 0.717) is 11.6 Å². The predicted molar refractivity (Wildman–Crippen MR) is 129 cm³/mol. The molecule has 4 nitrogen and oxygen atoms in total. The number of rotatable bonds is 4. The van der Waals surface area contributed by atoms with Crippen molar-refractivity contribution < 1.29 is 4.79 Å². The Hall–Kier alpha value is -3.06. The van der Waals surface area contributed by atoms with Gasteiger partial charge in [0.15, 0.2) is 0 Å². The van der Waals surface area contributed by atoms with E-state index in [2.05, 4.69) is 62.2 Å². The van der Waals surface area contributed by atoms with Crippen LogP contribution in [-0.2, 0) is 4.79 Å². The molecule has 1 heterocycles. The van der Waals surface area contributed by atoms with E-state index >= 15 is 0 Å². The van der Waals surface area contributed by atoms with E-state index in [-0.39, 0.29) is 17.0 Å². The molecule has 0 fully saturated rings. The molecule has 0 aliphatic carbocycles.